The van der Waals surface area contributed by atoms with Crippen LogP contribution in [-0.4, -0.2) is 57.0 Å². The van der Waals surface area contributed by atoms with Gasteiger partial charge in [0, 0.05) is 20.1 Å². The predicted molar refractivity (Wildman–Crippen MR) is 196 cm³/mol. The number of aromatic nitrogens is 4. The third kappa shape index (κ3) is 14.7. The van der Waals surface area contributed by atoms with Gasteiger partial charge >= 0.3 is 20.2 Å². The van der Waals surface area contributed by atoms with Crippen molar-refractivity contribution >= 4 is 31.1 Å². The Labute approximate surface area is 298 Å². The Bertz CT molecular complexity index is 1410. The SMILES string of the molecule is CCCCCCCCC(CCCCCCCC)OC(=O)[C@H](Cc1ccccc1)N[P+](=O)OC[C@](C)(CCn1cnc2c(N)nc(F)nc21)OC. The number of nitrogens with one attached hydrogen (secondary N) is 1. The number of ether oxygens (including phenoxy) is 2. The number of carbonyl (C=O) groups is 1. The summed E-state index contributed by atoms with van der Waals surface area (Å²) in [5, 5.41) is 2.92. The number of anilines is 1. The summed E-state index contributed by atoms with van der Waals surface area (Å²) in [5.74, 6) is -0.454. The molecule has 1 unspecified atom stereocenters. The largest absolute Gasteiger partial charge is 0.613 e. The first-order valence-electron chi connectivity index (χ1n) is 18.5. The Morgan fingerprint density at radius 2 is 1.60 bits per heavy atom. The van der Waals surface area contributed by atoms with Gasteiger partial charge < -0.3 is 19.8 Å². The Balaban J connectivity index is 1.62. The number of fused-ring (bicyclic) bond motifs is 1. The fraction of sp³-hybridized carbons (Fsp3) is 0.676. The minimum atomic E-state index is -2.46. The normalized spacial score (nSPS) is 13.8. The van der Waals surface area contributed by atoms with Crippen LogP contribution in [0.15, 0.2) is 36.7 Å². The summed E-state index contributed by atoms with van der Waals surface area (Å²) in [7, 11) is -0.922. The molecule has 3 atom stereocenters. The molecule has 0 aliphatic carbocycles. The molecule has 2 heterocycles. The van der Waals surface area contributed by atoms with Gasteiger partial charge in [-0.2, -0.15) is 14.4 Å². The van der Waals surface area contributed by atoms with Gasteiger partial charge in [0.05, 0.1) is 11.9 Å². The highest BCUT2D eigenvalue weighted by Gasteiger charge is 2.36. The van der Waals surface area contributed by atoms with Gasteiger partial charge in [0.25, 0.3) is 0 Å². The van der Waals surface area contributed by atoms with Crippen LogP contribution in [0.5, 0.6) is 0 Å². The van der Waals surface area contributed by atoms with Crippen molar-refractivity contribution in [1.29, 1.82) is 0 Å². The number of nitrogen functional groups attached to an aromatic ring is 1. The molecule has 0 bridgehead atoms. The summed E-state index contributed by atoms with van der Waals surface area (Å²) in [5.41, 5.74) is 6.43. The fourth-order valence-corrected chi connectivity index (χ4v) is 6.81. The van der Waals surface area contributed by atoms with E-state index < -0.39 is 31.9 Å². The number of benzene rings is 1. The number of hydrogen-bond acceptors (Lipinski definition) is 9. The van der Waals surface area contributed by atoms with Crippen LogP contribution >= 0.6 is 8.18 Å². The van der Waals surface area contributed by atoms with E-state index in [1.165, 1.54) is 57.7 Å². The molecule has 50 heavy (non-hydrogen) atoms. The van der Waals surface area contributed by atoms with Crippen LogP contribution in [0.25, 0.3) is 11.2 Å². The highest BCUT2D eigenvalue weighted by Crippen LogP contribution is 2.27. The van der Waals surface area contributed by atoms with Crippen LogP contribution in [0.3, 0.4) is 0 Å². The molecule has 278 valence electrons. The molecule has 13 heteroatoms. The van der Waals surface area contributed by atoms with E-state index in [1.807, 2.05) is 37.3 Å². The lowest BCUT2D eigenvalue weighted by Gasteiger charge is -2.25. The van der Waals surface area contributed by atoms with Crippen LogP contribution < -0.4 is 10.8 Å². The summed E-state index contributed by atoms with van der Waals surface area (Å²) >= 11 is 0. The zero-order chi connectivity index (χ0) is 36.2. The lowest BCUT2D eigenvalue weighted by molar-refractivity contribution is -0.152. The van der Waals surface area contributed by atoms with Gasteiger partial charge in [-0.25, -0.2) is 4.98 Å². The number of aryl methyl sites for hydroxylation is 1. The molecule has 3 rings (SSSR count). The Kier molecular flexibility index (Phi) is 18.8. The van der Waals surface area contributed by atoms with Gasteiger partial charge in [0.1, 0.15) is 18.2 Å². The Morgan fingerprint density at radius 1 is 0.980 bits per heavy atom. The molecule has 0 saturated carbocycles. The van der Waals surface area contributed by atoms with Crippen molar-refractivity contribution < 1.29 is 27.7 Å². The molecule has 2 aromatic heterocycles. The number of rotatable bonds is 27. The molecular formula is C37H59FN6O5P+. The maximum absolute atomic E-state index is 13.8. The fourth-order valence-electron chi connectivity index (χ4n) is 5.90. The lowest BCUT2D eigenvalue weighted by atomic mass is 10.0. The minimum Gasteiger partial charge on any atom is -0.461 e. The van der Waals surface area contributed by atoms with E-state index in [-0.39, 0.29) is 24.2 Å². The second kappa shape index (κ2) is 22.7. The molecule has 0 aliphatic heterocycles. The summed E-state index contributed by atoms with van der Waals surface area (Å²) in [4.78, 5) is 25.3. The summed E-state index contributed by atoms with van der Waals surface area (Å²) < 4.78 is 46.5. The zero-order valence-electron chi connectivity index (χ0n) is 30.6. The predicted octanol–water partition coefficient (Wildman–Crippen LogP) is 8.63. The van der Waals surface area contributed by atoms with E-state index in [0.29, 0.717) is 24.9 Å². The second-order valence-electron chi connectivity index (χ2n) is 13.5. The number of unbranched alkanes of at least 4 members (excludes halogenated alkanes) is 10. The average Bonchev–Trinajstić information content (AvgIpc) is 3.52. The van der Waals surface area contributed by atoms with Gasteiger partial charge in [-0.1, -0.05) is 113 Å². The number of imidazole rings is 1. The molecule has 0 saturated heterocycles. The van der Waals surface area contributed by atoms with Crippen molar-refractivity contribution in [1.82, 2.24) is 24.6 Å². The third-order valence-corrected chi connectivity index (χ3v) is 10.1. The molecule has 0 spiro atoms. The van der Waals surface area contributed by atoms with Gasteiger partial charge in [0.15, 0.2) is 17.5 Å². The number of hydrogen-bond donors (Lipinski definition) is 2. The molecule has 0 radical (unpaired) electrons. The lowest BCUT2D eigenvalue weighted by Crippen LogP contribution is -2.39. The van der Waals surface area contributed by atoms with Crippen molar-refractivity contribution in [2.75, 3.05) is 19.5 Å². The minimum absolute atomic E-state index is 0.0321. The molecule has 0 fully saturated rings. The Hall–Kier alpha value is -3.05. The van der Waals surface area contributed by atoms with E-state index in [4.69, 9.17) is 19.7 Å². The summed E-state index contributed by atoms with van der Waals surface area (Å²) in [6.45, 7) is 6.57. The number of carbonyl (C=O) groups excluding carboxylic acids is 1. The molecular weight excluding hydrogens is 658 g/mol. The third-order valence-electron chi connectivity index (χ3n) is 9.20. The van der Waals surface area contributed by atoms with Crippen molar-refractivity contribution in [2.45, 2.75) is 148 Å². The van der Waals surface area contributed by atoms with E-state index >= 15 is 0 Å². The van der Waals surface area contributed by atoms with Crippen molar-refractivity contribution in [2.24, 2.45) is 0 Å². The standard InChI is InChI=1S/C37H59FN6O5P/c1-5-7-9-11-13-18-22-30(23-19-14-12-10-8-6-2)49-35(45)31(26-29-20-16-15-17-21-29)43-50(46)48-27-37(3,47-4)24-25-44-28-40-32-33(39)41-36(38)42-34(32)44/h15-17,20-21,28,30-31H,5-14,18-19,22-27H2,1-4H3,(H,43,46)(H2,39,41,42)/q+1/t31-,37-/m0/s1. The van der Waals surface area contributed by atoms with Crippen molar-refractivity contribution in [3.63, 3.8) is 0 Å². The highest BCUT2D eigenvalue weighted by atomic mass is 31.1. The van der Waals surface area contributed by atoms with Crippen molar-refractivity contribution in [3.05, 3.63) is 48.3 Å². The van der Waals surface area contributed by atoms with Gasteiger partial charge in [-0.05, 0) is 49.2 Å². The number of nitrogens with zero attached hydrogens (tertiary/aromatic N) is 4. The van der Waals surface area contributed by atoms with Crippen LogP contribution in [0, 0.1) is 6.08 Å². The van der Waals surface area contributed by atoms with E-state index in [1.54, 1.807) is 11.7 Å². The summed E-state index contributed by atoms with van der Waals surface area (Å²) in [6.07, 6.45) is 16.9. The van der Waals surface area contributed by atoms with E-state index in [2.05, 4.69) is 33.9 Å². The number of methoxy groups -OCH3 is 1. The monoisotopic (exact) mass is 717 g/mol. The average molecular weight is 718 g/mol. The summed E-state index contributed by atoms with van der Waals surface area (Å²) in [6, 6.07) is 8.76. The first-order valence-corrected chi connectivity index (χ1v) is 19.7. The smallest absolute Gasteiger partial charge is 0.461 e. The molecule has 1 aromatic carbocycles. The number of nitrogens with two attached hydrogens (primary N) is 1. The molecule has 3 N–H and O–H groups in total. The van der Waals surface area contributed by atoms with Gasteiger partial charge in [-0.3, -0.25) is 4.79 Å². The van der Waals surface area contributed by atoms with Crippen LogP contribution in [0.1, 0.15) is 123 Å². The topological polar surface area (TPSA) is 143 Å². The number of esters is 1. The number of halogens is 1. The molecule has 11 nitrogen and oxygen atoms in total. The van der Waals surface area contributed by atoms with Crippen LogP contribution in [0.2, 0.25) is 0 Å². The van der Waals surface area contributed by atoms with Crippen molar-refractivity contribution in [3.8, 4) is 0 Å². The second-order valence-corrected chi connectivity index (χ2v) is 14.5. The zero-order valence-corrected chi connectivity index (χ0v) is 31.5. The maximum atomic E-state index is 13.8. The molecule has 0 amide bonds. The Morgan fingerprint density at radius 3 is 2.22 bits per heavy atom. The first kappa shape index (κ1) is 41.4. The molecule has 0 aliphatic rings. The molecule has 3 aromatic rings. The van der Waals surface area contributed by atoms with Crippen LogP contribution in [0.4, 0.5) is 10.2 Å². The highest BCUT2D eigenvalue weighted by molar-refractivity contribution is 7.36. The quantitative estimate of drug-likeness (QED) is 0.0340. The first-order chi connectivity index (χ1) is 24.2. The van der Waals surface area contributed by atoms with Crippen LogP contribution in [-0.2, 0) is 36.3 Å². The maximum Gasteiger partial charge on any atom is 0.613 e. The van der Waals surface area contributed by atoms with E-state index in [9.17, 15) is 13.8 Å². The van der Waals surface area contributed by atoms with Gasteiger partial charge in [-0.15, -0.1) is 4.52 Å². The van der Waals surface area contributed by atoms with E-state index in [0.717, 1.165) is 44.1 Å². The van der Waals surface area contributed by atoms with Gasteiger partial charge in [0.2, 0.25) is 0 Å².